The van der Waals surface area contributed by atoms with Crippen molar-refractivity contribution in [3.63, 3.8) is 0 Å². The van der Waals surface area contributed by atoms with Gasteiger partial charge in [-0.25, -0.2) is 9.59 Å². The number of fused-ring (bicyclic) bond motifs is 3. The predicted molar refractivity (Wildman–Crippen MR) is 125 cm³/mol. The molecule has 0 saturated heterocycles. The van der Waals surface area contributed by atoms with Crippen molar-refractivity contribution >= 4 is 29.7 Å². The quantitative estimate of drug-likeness (QED) is 0.437. The fourth-order valence-corrected chi connectivity index (χ4v) is 4.16. The second-order valence-corrected chi connectivity index (χ2v) is 7.92. The van der Waals surface area contributed by atoms with E-state index in [0.29, 0.717) is 23.6 Å². The summed E-state index contributed by atoms with van der Waals surface area (Å²) in [4.78, 5) is 23.5. The van der Waals surface area contributed by atoms with Gasteiger partial charge in [0.2, 0.25) is 0 Å². The average molecular weight is 448 g/mol. The van der Waals surface area contributed by atoms with E-state index in [1.807, 2.05) is 24.3 Å². The lowest BCUT2D eigenvalue weighted by atomic mass is 9.98. The average Bonchev–Trinajstić information content (AvgIpc) is 3.11. The molecule has 0 spiro atoms. The molecule has 1 aliphatic carbocycles. The molecular formula is C26H22ClNO4. The molecular weight excluding hydrogens is 426 g/mol. The molecule has 1 aliphatic rings. The Morgan fingerprint density at radius 1 is 1.00 bits per heavy atom. The first-order valence-electron chi connectivity index (χ1n) is 10.3. The van der Waals surface area contributed by atoms with Gasteiger partial charge in [0.15, 0.2) is 0 Å². The van der Waals surface area contributed by atoms with E-state index in [1.165, 1.54) is 28.3 Å². The van der Waals surface area contributed by atoms with Crippen LogP contribution in [0.25, 0.3) is 17.2 Å². The molecule has 0 bridgehead atoms. The Morgan fingerprint density at radius 2 is 1.66 bits per heavy atom. The van der Waals surface area contributed by atoms with Crippen LogP contribution in [-0.4, -0.2) is 30.3 Å². The molecule has 2 N–H and O–H groups in total. The first kappa shape index (κ1) is 21.7. The topological polar surface area (TPSA) is 75.6 Å². The molecule has 3 aromatic carbocycles. The van der Waals surface area contributed by atoms with Crippen LogP contribution in [0.4, 0.5) is 4.79 Å². The minimum atomic E-state index is -1.02. The second-order valence-electron chi connectivity index (χ2n) is 7.48. The molecule has 4 rings (SSSR count). The van der Waals surface area contributed by atoms with Crippen LogP contribution in [0.1, 0.15) is 39.4 Å². The van der Waals surface area contributed by atoms with Gasteiger partial charge in [0.05, 0.1) is 5.56 Å². The first-order chi connectivity index (χ1) is 15.5. The van der Waals surface area contributed by atoms with E-state index in [4.69, 9.17) is 16.3 Å². The number of rotatable bonds is 7. The number of nitrogens with one attached hydrogen (secondary N) is 1. The number of aromatic carboxylic acids is 1. The van der Waals surface area contributed by atoms with Crippen molar-refractivity contribution in [2.75, 3.05) is 13.2 Å². The summed E-state index contributed by atoms with van der Waals surface area (Å²) < 4.78 is 5.50. The SMILES string of the molecule is O=C(NCCC=Cc1cc(Cl)ccc1C(=O)O)OCC1c2ccccc2-c2ccccc21. The van der Waals surface area contributed by atoms with Gasteiger partial charge in [0, 0.05) is 17.5 Å². The molecule has 0 heterocycles. The number of amides is 1. The van der Waals surface area contributed by atoms with E-state index in [-0.39, 0.29) is 18.1 Å². The Kier molecular flexibility index (Phi) is 6.57. The highest BCUT2D eigenvalue weighted by Crippen LogP contribution is 2.44. The number of benzene rings is 3. The summed E-state index contributed by atoms with van der Waals surface area (Å²) in [6, 6.07) is 21.0. The molecule has 0 unspecified atom stereocenters. The lowest BCUT2D eigenvalue weighted by molar-refractivity contribution is 0.0696. The predicted octanol–water partition coefficient (Wildman–Crippen LogP) is 5.98. The van der Waals surface area contributed by atoms with Crippen LogP contribution in [0.2, 0.25) is 5.02 Å². The zero-order chi connectivity index (χ0) is 22.5. The van der Waals surface area contributed by atoms with Crippen LogP contribution < -0.4 is 5.32 Å². The first-order valence-corrected chi connectivity index (χ1v) is 10.7. The van der Waals surface area contributed by atoms with Crippen LogP contribution >= 0.6 is 11.6 Å². The van der Waals surface area contributed by atoms with Gasteiger partial charge in [-0.1, -0.05) is 72.3 Å². The summed E-state index contributed by atoms with van der Waals surface area (Å²) in [6.07, 6.45) is 3.53. The molecule has 3 aromatic rings. The van der Waals surface area contributed by atoms with Crippen molar-refractivity contribution < 1.29 is 19.4 Å². The molecule has 0 aromatic heterocycles. The number of alkyl carbamates (subject to hydrolysis) is 1. The number of carbonyl (C=O) groups is 2. The number of halogens is 1. The number of ether oxygens (including phenoxy) is 1. The molecule has 32 heavy (non-hydrogen) atoms. The normalized spacial score (nSPS) is 12.4. The third-order valence-electron chi connectivity index (χ3n) is 5.47. The number of hydrogen-bond donors (Lipinski definition) is 2. The summed E-state index contributed by atoms with van der Waals surface area (Å²) in [7, 11) is 0. The van der Waals surface area contributed by atoms with E-state index >= 15 is 0 Å². The van der Waals surface area contributed by atoms with Gasteiger partial charge in [0.1, 0.15) is 6.61 Å². The van der Waals surface area contributed by atoms with E-state index in [0.717, 1.165) is 0 Å². The van der Waals surface area contributed by atoms with Crippen molar-refractivity contribution in [3.05, 3.63) is 100 Å². The molecule has 5 nitrogen and oxygen atoms in total. The Bertz CT molecular complexity index is 1140. The molecule has 0 radical (unpaired) electrons. The Morgan fingerprint density at radius 3 is 2.31 bits per heavy atom. The van der Waals surface area contributed by atoms with Crippen LogP contribution in [0.15, 0.2) is 72.8 Å². The molecule has 0 fully saturated rings. The van der Waals surface area contributed by atoms with Gasteiger partial charge in [-0.05, 0) is 52.4 Å². The van der Waals surface area contributed by atoms with E-state index in [1.54, 1.807) is 24.3 Å². The third-order valence-corrected chi connectivity index (χ3v) is 5.70. The standard InChI is InChI=1S/C26H22ClNO4/c27-18-12-13-19(25(29)30)17(15-18)7-5-6-14-28-26(31)32-16-24-22-10-3-1-8-20(22)21-9-2-4-11-23(21)24/h1-5,7-13,15,24H,6,14,16H2,(H,28,31)(H,29,30). The maximum Gasteiger partial charge on any atom is 0.407 e. The maximum atomic E-state index is 12.2. The van der Waals surface area contributed by atoms with Gasteiger partial charge in [0.25, 0.3) is 0 Å². The Hall–Kier alpha value is -3.57. The van der Waals surface area contributed by atoms with E-state index < -0.39 is 12.1 Å². The largest absolute Gasteiger partial charge is 0.478 e. The summed E-state index contributed by atoms with van der Waals surface area (Å²) >= 11 is 5.95. The zero-order valence-electron chi connectivity index (χ0n) is 17.3. The molecule has 1 amide bonds. The van der Waals surface area contributed by atoms with Gasteiger partial charge in [-0.15, -0.1) is 0 Å². The van der Waals surface area contributed by atoms with Crippen LogP contribution in [0, 0.1) is 0 Å². The lowest BCUT2D eigenvalue weighted by Gasteiger charge is -2.14. The van der Waals surface area contributed by atoms with Crippen molar-refractivity contribution in [3.8, 4) is 11.1 Å². The molecule has 0 atom stereocenters. The maximum absolute atomic E-state index is 12.2. The van der Waals surface area contributed by atoms with Crippen LogP contribution in [0.5, 0.6) is 0 Å². The van der Waals surface area contributed by atoms with Gasteiger partial charge in [-0.3, -0.25) is 0 Å². The fourth-order valence-electron chi connectivity index (χ4n) is 3.98. The highest BCUT2D eigenvalue weighted by atomic mass is 35.5. The smallest absolute Gasteiger partial charge is 0.407 e. The number of hydrogen-bond acceptors (Lipinski definition) is 3. The number of carbonyl (C=O) groups excluding carboxylic acids is 1. The van der Waals surface area contributed by atoms with Crippen molar-refractivity contribution in [2.24, 2.45) is 0 Å². The summed E-state index contributed by atoms with van der Waals surface area (Å²) in [5.74, 6) is -0.997. The highest BCUT2D eigenvalue weighted by Gasteiger charge is 2.28. The number of carboxylic acid groups (broad SMARTS) is 1. The van der Waals surface area contributed by atoms with Gasteiger partial charge >= 0.3 is 12.1 Å². The van der Waals surface area contributed by atoms with Crippen molar-refractivity contribution in [1.82, 2.24) is 5.32 Å². The van der Waals surface area contributed by atoms with Gasteiger partial charge < -0.3 is 15.2 Å². The fraction of sp³-hybridized carbons (Fsp3) is 0.154. The molecule has 6 heteroatoms. The minimum absolute atomic E-state index is 0.0188. The van der Waals surface area contributed by atoms with Crippen molar-refractivity contribution in [1.29, 1.82) is 0 Å². The Balaban J connectivity index is 1.29. The number of carboxylic acids is 1. The summed E-state index contributed by atoms with van der Waals surface area (Å²) in [5.41, 5.74) is 5.40. The molecule has 0 aliphatic heterocycles. The van der Waals surface area contributed by atoms with E-state index in [2.05, 4.69) is 29.6 Å². The minimum Gasteiger partial charge on any atom is -0.478 e. The Labute approximate surface area is 191 Å². The third kappa shape index (κ3) is 4.68. The van der Waals surface area contributed by atoms with E-state index in [9.17, 15) is 14.7 Å². The molecule has 162 valence electrons. The molecule has 0 saturated carbocycles. The summed E-state index contributed by atoms with van der Waals surface area (Å²) in [6.45, 7) is 0.635. The second kappa shape index (κ2) is 9.71. The van der Waals surface area contributed by atoms with Crippen molar-refractivity contribution in [2.45, 2.75) is 12.3 Å². The lowest BCUT2D eigenvalue weighted by Crippen LogP contribution is -2.26. The van der Waals surface area contributed by atoms with Crippen LogP contribution in [0.3, 0.4) is 0 Å². The summed E-state index contributed by atoms with van der Waals surface area (Å²) in [5, 5.41) is 12.5. The highest BCUT2D eigenvalue weighted by molar-refractivity contribution is 6.30. The monoisotopic (exact) mass is 447 g/mol. The van der Waals surface area contributed by atoms with Gasteiger partial charge in [-0.2, -0.15) is 0 Å². The zero-order valence-corrected chi connectivity index (χ0v) is 18.0. The van der Waals surface area contributed by atoms with Crippen LogP contribution in [-0.2, 0) is 4.74 Å².